The Morgan fingerprint density at radius 1 is 1.10 bits per heavy atom. The van der Waals surface area contributed by atoms with E-state index in [9.17, 15) is 10.0 Å². The third kappa shape index (κ3) is 4.09. The van der Waals surface area contributed by atoms with Crippen LogP contribution in [-0.2, 0) is 9.53 Å². The van der Waals surface area contributed by atoms with Crippen LogP contribution in [0.5, 0.6) is 5.75 Å². The van der Waals surface area contributed by atoms with Gasteiger partial charge in [-0.3, -0.25) is 0 Å². The molecule has 0 amide bonds. The second kappa shape index (κ2) is 8.78. The number of benzene rings is 2. The van der Waals surface area contributed by atoms with Gasteiger partial charge in [0, 0.05) is 5.57 Å². The van der Waals surface area contributed by atoms with Crippen molar-refractivity contribution in [2.24, 2.45) is 0 Å². The highest BCUT2D eigenvalue weighted by molar-refractivity contribution is 6.35. The minimum Gasteiger partial charge on any atom is -0.623 e. The second-order valence-corrected chi connectivity index (χ2v) is 6.94. The van der Waals surface area contributed by atoms with E-state index in [0.29, 0.717) is 28.2 Å². The maximum absolute atomic E-state index is 13.2. The van der Waals surface area contributed by atoms with Crippen LogP contribution in [0.3, 0.4) is 0 Å². The quantitative estimate of drug-likeness (QED) is 0.242. The van der Waals surface area contributed by atoms with E-state index in [1.165, 1.54) is 0 Å². The summed E-state index contributed by atoms with van der Waals surface area (Å²) in [6.45, 7) is 5.98. The molecule has 0 heterocycles. The number of hydrogen-bond donors (Lipinski definition) is 0. The number of esters is 1. The van der Waals surface area contributed by atoms with Crippen molar-refractivity contribution in [3.05, 3.63) is 87.7 Å². The number of allylic oxidation sites excluding steroid dienone is 1. The van der Waals surface area contributed by atoms with E-state index < -0.39 is 5.97 Å². The van der Waals surface area contributed by atoms with Crippen molar-refractivity contribution < 1.29 is 19.0 Å². The Hall–Kier alpha value is -3.34. The zero-order chi connectivity index (χ0) is 21.0. The molecule has 0 fully saturated rings. The topological polar surface area (TPSA) is 61.6 Å². The molecule has 0 spiro atoms. The van der Waals surface area contributed by atoms with Gasteiger partial charge in [-0.05, 0) is 56.2 Å². The molecular weight excluding hydrogens is 366 g/mol. The monoisotopic (exact) mass is 391 g/mol. The second-order valence-electron chi connectivity index (χ2n) is 6.94. The molecule has 5 heteroatoms. The van der Waals surface area contributed by atoms with Crippen molar-refractivity contribution in [3.63, 3.8) is 0 Å². The maximum Gasteiger partial charge on any atom is 0.345 e. The van der Waals surface area contributed by atoms with E-state index in [0.717, 1.165) is 21.4 Å². The number of rotatable bonds is 6. The van der Waals surface area contributed by atoms with Gasteiger partial charge in [0.1, 0.15) is 11.3 Å². The lowest BCUT2D eigenvalue weighted by Crippen LogP contribution is -2.23. The van der Waals surface area contributed by atoms with E-state index in [-0.39, 0.29) is 13.2 Å². The molecule has 0 aromatic heterocycles. The normalized spacial score (nSPS) is 14.3. The van der Waals surface area contributed by atoms with Gasteiger partial charge in [0.05, 0.1) is 19.3 Å². The largest absolute Gasteiger partial charge is 0.623 e. The molecule has 0 bridgehead atoms. The smallest absolute Gasteiger partial charge is 0.345 e. The Balaban J connectivity index is 2.34. The molecule has 0 radical (unpaired) electrons. The average molecular weight is 391 g/mol. The van der Waals surface area contributed by atoms with E-state index in [4.69, 9.17) is 9.47 Å². The highest BCUT2D eigenvalue weighted by Gasteiger charge is 2.39. The summed E-state index contributed by atoms with van der Waals surface area (Å²) in [6.07, 6.45) is 1.84. The van der Waals surface area contributed by atoms with Gasteiger partial charge < -0.3 is 14.7 Å². The summed E-state index contributed by atoms with van der Waals surface area (Å²) in [4.78, 5) is 13.0. The Bertz CT molecular complexity index is 1010. The van der Waals surface area contributed by atoms with Gasteiger partial charge in [-0.15, -0.1) is 0 Å². The molecule has 0 atom stereocenters. The molecule has 2 aromatic carbocycles. The molecule has 150 valence electrons. The first-order chi connectivity index (χ1) is 14.0. The summed E-state index contributed by atoms with van der Waals surface area (Å²) >= 11 is 0. The molecule has 0 unspecified atom stereocenters. The molecule has 1 aliphatic carbocycles. The number of hydroxylamine groups is 1. The Labute approximate surface area is 171 Å². The summed E-state index contributed by atoms with van der Waals surface area (Å²) in [5.74, 6) is 0.115. The zero-order valence-electron chi connectivity index (χ0n) is 17.2. The van der Waals surface area contributed by atoms with Crippen molar-refractivity contribution in [1.82, 2.24) is 0 Å². The third-order valence-electron chi connectivity index (χ3n) is 4.69. The van der Waals surface area contributed by atoms with E-state index >= 15 is 0 Å². The molecule has 0 N–H and O–H groups in total. The third-order valence-corrected chi connectivity index (χ3v) is 4.69. The van der Waals surface area contributed by atoms with Gasteiger partial charge in [0.2, 0.25) is 5.71 Å². The number of nitrogens with zero attached hydrogens (tertiary/aromatic N) is 1. The molecule has 5 nitrogen and oxygen atoms in total. The van der Waals surface area contributed by atoms with Crippen molar-refractivity contribution in [1.29, 1.82) is 0 Å². The molecule has 1 aliphatic rings. The van der Waals surface area contributed by atoms with Crippen LogP contribution in [0.15, 0.2) is 65.8 Å². The number of methoxy groups -OCH3 is 1. The lowest BCUT2D eigenvalue weighted by Gasteiger charge is -2.10. The summed E-state index contributed by atoms with van der Waals surface area (Å²) in [5, 5.41) is 13.2. The number of ether oxygens (including phenoxy) is 2. The van der Waals surface area contributed by atoms with Crippen LogP contribution in [0, 0.1) is 5.21 Å². The number of fused-ring (bicyclic) bond motifs is 1. The number of carbonyl (C=O) groups excluding carboxylic acids is 1. The fraction of sp³-hybridized carbons (Fsp3) is 0.250. The minimum atomic E-state index is -0.505. The highest BCUT2D eigenvalue weighted by Crippen LogP contribution is 2.40. The molecule has 0 aliphatic heterocycles. The number of hydrogen-bond acceptors (Lipinski definition) is 4. The van der Waals surface area contributed by atoms with Crippen molar-refractivity contribution in [2.75, 3.05) is 20.3 Å². The van der Waals surface area contributed by atoms with E-state index in [2.05, 4.69) is 0 Å². The molecule has 0 saturated heterocycles. The first kappa shape index (κ1) is 20.4. The predicted molar refractivity (Wildman–Crippen MR) is 114 cm³/mol. The fourth-order valence-electron chi connectivity index (χ4n) is 3.37. The summed E-state index contributed by atoms with van der Waals surface area (Å²) in [6, 6.07) is 15.1. The van der Waals surface area contributed by atoms with Crippen LogP contribution in [0.2, 0.25) is 0 Å². The zero-order valence-corrected chi connectivity index (χ0v) is 17.2. The van der Waals surface area contributed by atoms with Gasteiger partial charge in [0.25, 0.3) is 0 Å². The van der Waals surface area contributed by atoms with Crippen molar-refractivity contribution >= 4 is 17.3 Å². The minimum absolute atomic E-state index is 0.138. The highest BCUT2D eigenvalue weighted by atomic mass is 16.5. The van der Waals surface area contributed by atoms with Crippen LogP contribution >= 0.6 is 0 Å². The first-order valence-electron chi connectivity index (χ1n) is 9.58. The van der Waals surface area contributed by atoms with Crippen LogP contribution in [0.4, 0.5) is 0 Å². The van der Waals surface area contributed by atoms with Crippen LogP contribution in [0.25, 0.3) is 5.57 Å². The first-order valence-corrected chi connectivity index (χ1v) is 9.58. The Kier molecular flexibility index (Phi) is 6.17. The SMILES string of the molecule is CCOC(=O)C1=C(c2ccccc2)c2ccc(OC)cc2/C1=[N+](\[O-])CC=C(C)C. The summed E-state index contributed by atoms with van der Waals surface area (Å²) in [7, 11) is 1.58. The van der Waals surface area contributed by atoms with Crippen LogP contribution in [-0.4, -0.2) is 36.7 Å². The average Bonchev–Trinajstić information content (AvgIpc) is 3.07. The van der Waals surface area contributed by atoms with Gasteiger partial charge in [-0.1, -0.05) is 35.9 Å². The van der Waals surface area contributed by atoms with Gasteiger partial charge in [-0.2, -0.15) is 0 Å². The molecule has 2 aromatic rings. The van der Waals surface area contributed by atoms with E-state index in [1.807, 2.05) is 62.4 Å². The van der Waals surface area contributed by atoms with Crippen molar-refractivity contribution in [2.45, 2.75) is 20.8 Å². The Morgan fingerprint density at radius 2 is 1.83 bits per heavy atom. The summed E-state index contributed by atoms with van der Waals surface area (Å²) in [5.41, 5.74) is 4.67. The summed E-state index contributed by atoms with van der Waals surface area (Å²) < 4.78 is 11.6. The van der Waals surface area contributed by atoms with E-state index in [1.54, 1.807) is 20.1 Å². The van der Waals surface area contributed by atoms with Crippen LogP contribution in [0.1, 0.15) is 37.5 Å². The number of carbonyl (C=O) groups is 1. The molecular formula is C24H25NO4. The standard InChI is InChI=1S/C24H25NO4/c1-5-29-24(26)22-21(17-9-7-6-8-10-17)19-12-11-18(28-4)15-20(19)23(22)25(27)14-13-16(2)3/h6-13,15H,5,14H2,1-4H3/b25-23+. The fourth-order valence-corrected chi connectivity index (χ4v) is 3.37. The van der Waals surface area contributed by atoms with Gasteiger partial charge in [-0.25, -0.2) is 9.53 Å². The van der Waals surface area contributed by atoms with Gasteiger partial charge in [0.15, 0.2) is 6.54 Å². The maximum atomic E-state index is 13.2. The van der Waals surface area contributed by atoms with Gasteiger partial charge >= 0.3 is 5.97 Å². The molecule has 3 rings (SSSR count). The Morgan fingerprint density at radius 3 is 2.45 bits per heavy atom. The lowest BCUT2D eigenvalue weighted by atomic mass is 9.97. The molecule has 0 saturated carbocycles. The predicted octanol–water partition coefficient (Wildman–Crippen LogP) is 4.34. The lowest BCUT2D eigenvalue weighted by molar-refractivity contribution is -0.444. The van der Waals surface area contributed by atoms with Crippen molar-refractivity contribution in [3.8, 4) is 5.75 Å². The molecule has 29 heavy (non-hydrogen) atoms. The van der Waals surface area contributed by atoms with Crippen LogP contribution < -0.4 is 4.74 Å².